The predicted octanol–water partition coefficient (Wildman–Crippen LogP) is 4.99. The van der Waals surface area contributed by atoms with Crippen molar-refractivity contribution in [3.63, 3.8) is 0 Å². The van der Waals surface area contributed by atoms with Gasteiger partial charge in [-0.15, -0.1) is 10.2 Å². The van der Waals surface area contributed by atoms with E-state index in [1.807, 2.05) is 0 Å². The lowest BCUT2D eigenvalue weighted by Crippen LogP contribution is -2.34. The first-order chi connectivity index (χ1) is 16.5. The van der Waals surface area contributed by atoms with Gasteiger partial charge in [0.15, 0.2) is 0 Å². The molecule has 0 unspecified atom stereocenters. The Labute approximate surface area is 205 Å². The number of amides is 3. The maximum absolute atomic E-state index is 13.1. The van der Waals surface area contributed by atoms with Crippen molar-refractivity contribution in [1.29, 1.82) is 0 Å². The van der Waals surface area contributed by atoms with Crippen molar-refractivity contribution in [2.45, 2.75) is 25.8 Å². The monoisotopic (exact) mass is 499 g/mol. The Morgan fingerprint density at radius 3 is 2.76 bits per heavy atom. The van der Waals surface area contributed by atoms with Gasteiger partial charge in [-0.1, -0.05) is 41.1 Å². The first kappa shape index (κ1) is 23.7. The molecule has 34 heavy (non-hydrogen) atoms. The zero-order valence-corrected chi connectivity index (χ0v) is 19.9. The lowest BCUT2D eigenvalue weighted by atomic mass is 10.2. The van der Waals surface area contributed by atoms with E-state index in [-0.39, 0.29) is 29.3 Å². The summed E-state index contributed by atoms with van der Waals surface area (Å²) in [7, 11) is 0. The number of hydrogen-bond donors (Lipinski definition) is 2. The first-order valence-corrected chi connectivity index (χ1v) is 11.9. The molecule has 0 spiro atoms. The van der Waals surface area contributed by atoms with Crippen LogP contribution in [0, 0.1) is 0 Å². The van der Waals surface area contributed by atoms with Crippen LogP contribution in [0.5, 0.6) is 0 Å². The zero-order chi connectivity index (χ0) is 24.1. The highest BCUT2D eigenvalue weighted by Gasteiger charge is 2.33. The van der Waals surface area contributed by atoms with Gasteiger partial charge in [0.2, 0.25) is 5.01 Å². The van der Waals surface area contributed by atoms with Crippen LogP contribution in [0.25, 0.3) is 0 Å². The molecule has 2 N–H and O–H groups in total. The molecule has 1 atom stereocenters. The molecule has 0 aliphatic carbocycles. The van der Waals surface area contributed by atoms with Crippen LogP contribution in [0.4, 0.5) is 16.2 Å². The van der Waals surface area contributed by atoms with E-state index in [0.717, 1.165) is 17.8 Å². The minimum atomic E-state index is -0.504. The van der Waals surface area contributed by atoms with Crippen molar-refractivity contribution in [2.75, 3.05) is 23.8 Å². The summed E-state index contributed by atoms with van der Waals surface area (Å²) in [5.74, 6) is -0.903. The molecule has 1 aliphatic rings. The van der Waals surface area contributed by atoms with Gasteiger partial charge in [-0.05, 0) is 50.1 Å². The van der Waals surface area contributed by atoms with E-state index in [1.165, 1.54) is 0 Å². The molecular formula is C23H22ClN5O4S. The van der Waals surface area contributed by atoms with E-state index in [1.54, 1.807) is 60.4 Å². The molecule has 0 radical (unpaired) electrons. The van der Waals surface area contributed by atoms with Crippen LogP contribution in [0.3, 0.4) is 0 Å². The van der Waals surface area contributed by atoms with E-state index in [0.29, 0.717) is 34.4 Å². The number of likely N-dealkylation sites (tertiary alicyclic amines) is 1. The second-order valence-corrected chi connectivity index (χ2v) is 8.90. The number of carbonyl (C=O) groups is 3. The van der Waals surface area contributed by atoms with E-state index in [9.17, 15) is 14.4 Å². The quantitative estimate of drug-likeness (QED) is 0.462. The number of ether oxygens (including phenoxy) is 1. The average Bonchev–Trinajstić information content (AvgIpc) is 3.49. The zero-order valence-electron chi connectivity index (χ0n) is 18.3. The molecule has 11 heteroatoms. The smallest absolute Gasteiger partial charge is 0.340 e. The summed E-state index contributed by atoms with van der Waals surface area (Å²) >= 11 is 7.11. The molecule has 1 fully saturated rings. The third-order valence-corrected chi connectivity index (χ3v) is 6.44. The summed E-state index contributed by atoms with van der Waals surface area (Å²) in [5, 5.41) is 15.0. The highest BCUT2D eigenvalue weighted by atomic mass is 35.5. The van der Waals surface area contributed by atoms with Crippen molar-refractivity contribution in [2.24, 2.45) is 0 Å². The van der Waals surface area contributed by atoms with Gasteiger partial charge in [0.05, 0.1) is 23.9 Å². The first-order valence-electron chi connectivity index (χ1n) is 10.7. The highest BCUT2D eigenvalue weighted by molar-refractivity contribution is 7.13. The van der Waals surface area contributed by atoms with Crippen LogP contribution in [0.15, 0.2) is 48.5 Å². The number of aromatic nitrogens is 2. The Morgan fingerprint density at radius 2 is 1.97 bits per heavy atom. The maximum atomic E-state index is 13.1. The fraction of sp³-hybridized carbons (Fsp3) is 0.261. The van der Waals surface area contributed by atoms with Gasteiger partial charge < -0.3 is 20.3 Å². The van der Waals surface area contributed by atoms with Crippen molar-refractivity contribution >= 4 is 52.2 Å². The topological polar surface area (TPSA) is 114 Å². The van der Waals surface area contributed by atoms with Crippen LogP contribution in [-0.2, 0) is 4.74 Å². The number of anilines is 2. The number of esters is 1. The van der Waals surface area contributed by atoms with Gasteiger partial charge in [-0.3, -0.25) is 4.79 Å². The van der Waals surface area contributed by atoms with Crippen LogP contribution in [0.1, 0.15) is 51.0 Å². The molecule has 1 saturated heterocycles. The molecular weight excluding hydrogens is 478 g/mol. The lowest BCUT2D eigenvalue weighted by Gasteiger charge is -2.23. The summed E-state index contributed by atoms with van der Waals surface area (Å²) in [6, 6.07) is 12.8. The number of carbonyl (C=O) groups excluding carboxylic acids is 3. The molecule has 1 aliphatic heterocycles. The number of rotatable bonds is 6. The standard InChI is InChI=1S/C23H22ClN5O4S/c1-2-33-22(31)16-9-3-4-10-17(16)26-23(32)29-12-6-11-18(29)20-27-28-21(34-20)19(30)25-15-8-5-7-14(24)13-15/h3-5,7-10,13,18H,2,6,11-12H2,1H3,(H,25,30)(H,26,32)/t18-/m1/s1. The van der Waals surface area contributed by atoms with Gasteiger partial charge >= 0.3 is 12.0 Å². The van der Waals surface area contributed by atoms with Gasteiger partial charge in [0, 0.05) is 17.3 Å². The van der Waals surface area contributed by atoms with E-state index in [4.69, 9.17) is 16.3 Å². The number of para-hydroxylation sites is 1. The second kappa shape index (κ2) is 10.6. The predicted molar refractivity (Wildman–Crippen MR) is 129 cm³/mol. The highest BCUT2D eigenvalue weighted by Crippen LogP contribution is 2.34. The Balaban J connectivity index is 1.46. The normalized spacial score (nSPS) is 15.1. The summed E-state index contributed by atoms with van der Waals surface area (Å²) in [5.41, 5.74) is 1.20. The molecule has 1 aromatic heterocycles. The number of urea groups is 1. The summed E-state index contributed by atoms with van der Waals surface area (Å²) in [6.07, 6.45) is 1.47. The minimum absolute atomic E-state index is 0.190. The largest absolute Gasteiger partial charge is 0.462 e. The van der Waals surface area contributed by atoms with Gasteiger partial charge in [-0.2, -0.15) is 0 Å². The maximum Gasteiger partial charge on any atom is 0.340 e. The van der Waals surface area contributed by atoms with Crippen LogP contribution in [0.2, 0.25) is 5.02 Å². The number of hydrogen-bond acceptors (Lipinski definition) is 7. The molecule has 0 saturated carbocycles. The fourth-order valence-electron chi connectivity index (χ4n) is 3.64. The Hall–Kier alpha value is -3.50. The Morgan fingerprint density at radius 1 is 1.15 bits per heavy atom. The second-order valence-electron chi connectivity index (χ2n) is 7.46. The van der Waals surface area contributed by atoms with E-state index < -0.39 is 11.9 Å². The Kier molecular flexibility index (Phi) is 7.39. The molecule has 9 nitrogen and oxygen atoms in total. The van der Waals surface area contributed by atoms with E-state index >= 15 is 0 Å². The van der Waals surface area contributed by atoms with Gasteiger partial charge in [-0.25, -0.2) is 9.59 Å². The molecule has 0 bridgehead atoms. The van der Waals surface area contributed by atoms with Crippen LogP contribution in [-0.4, -0.2) is 46.2 Å². The lowest BCUT2D eigenvalue weighted by molar-refractivity contribution is 0.0527. The van der Waals surface area contributed by atoms with Crippen LogP contribution < -0.4 is 10.6 Å². The SMILES string of the molecule is CCOC(=O)c1ccccc1NC(=O)N1CCC[C@@H]1c1nnc(C(=O)Nc2cccc(Cl)c2)s1. The van der Waals surface area contributed by atoms with Crippen LogP contribution >= 0.6 is 22.9 Å². The summed E-state index contributed by atoms with van der Waals surface area (Å²) in [4.78, 5) is 39.5. The average molecular weight is 500 g/mol. The number of nitrogens with zero attached hydrogens (tertiary/aromatic N) is 3. The van der Waals surface area contributed by atoms with Crippen molar-refractivity contribution in [3.8, 4) is 0 Å². The molecule has 176 valence electrons. The third kappa shape index (κ3) is 5.35. The minimum Gasteiger partial charge on any atom is -0.462 e. The Bertz CT molecular complexity index is 1220. The number of nitrogens with one attached hydrogen (secondary N) is 2. The van der Waals surface area contributed by atoms with Crippen molar-refractivity contribution in [3.05, 3.63) is 69.1 Å². The molecule has 3 aromatic rings. The molecule has 2 heterocycles. The molecule has 3 amide bonds. The van der Waals surface area contributed by atoms with Gasteiger partial charge in [0.25, 0.3) is 5.91 Å². The molecule has 2 aromatic carbocycles. The van der Waals surface area contributed by atoms with Crippen molar-refractivity contribution < 1.29 is 19.1 Å². The van der Waals surface area contributed by atoms with Gasteiger partial charge in [0.1, 0.15) is 5.01 Å². The number of halogens is 1. The fourth-order valence-corrected chi connectivity index (χ4v) is 4.72. The summed E-state index contributed by atoms with van der Waals surface area (Å²) in [6.45, 7) is 2.47. The van der Waals surface area contributed by atoms with Crippen molar-refractivity contribution in [1.82, 2.24) is 15.1 Å². The molecule has 4 rings (SSSR count). The number of benzene rings is 2. The van der Waals surface area contributed by atoms with E-state index in [2.05, 4.69) is 20.8 Å². The third-order valence-electron chi connectivity index (χ3n) is 5.18. The summed E-state index contributed by atoms with van der Waals surface area (Å²) < 4.78 is 5.07.